The molecule has 0 aliphatic heterocycles. The molecule has 0 saturated heterocycles. The quantitative estimate of drug-likeness (QED) is 0.545. The van der Waals surface area contributed by atoms with E-state index in [0.29, 0.717) is 22.5 Å². The molecule has 0 fully saturated rings. The van der Waals surface area contributed by atoms with Gasteiger partial charge in [0, 0.05) is 23.5 Å². The Bertz CT molecular complexity index is 1060. The van der Waals surface area contributed by atoms with E-state index in [9.17, 15) is 9.18 Å². The SMILES string of the molecule is O=C(Oc1nc(-c2ccc(F)cc2)c(-c2ccncc2)[nH]1)c1ccccc1. The van der Waals surface area contributed by atoms with Crippen molar-refractivity contribution < 1.29 is 13.9 Å². The number of H-pyrrole nitrogens is 1. The van der Waals surface area contributed by atoms with Gasteiger partial charge in [0.25, 0.3) is 0 Å². The number of imidazole rings is 1. The van der Waals surface area contributed by atoms with Crippen molar-refractivity contribution in [2.75, 3.05) is 0 Å². The Balaban J connectivity index is 1.74. The van der Waals surface area contributed by atoms with Gasteiger partial charge in [-0.25, -0.2) is 9.18 Å². The van der Waals surface area contributed by atoms with Gasteiger partial charge >= 0.3 is 12.0 Å². The van der Waals surface area contributed by atoms with Crippen LogP contribution >= 0.6 is 0 Å². The number of carbonyl (C=O) groups is 1. The molecular formula is C21H14FN3O2. The number of nitrogens with zero attached hydrogens (tertiary/aromatic N) is 2. The summed E-state index contributed by atoms with van der Waals surface area (Å²) in [5.74, 6) is -0.855. The first-order chi connectivity index (χ1) is 13.2. The number of aromatic nitrogens is 3. The van der Waals surface area contributed by atoms with Crippen LogP contribution in [0.2, 0.25) is 0 Å². The Kier molecular flexibility index (Phi) is 4.45. The summed E-state index contributed by atoms with van der Waals surface area (Å²) in [6, 6.07) is 18.3. The molecule has 2 aromatic carbocycles. The van der Waals surface area contributed by atoms with E-state index in [0.717, 1.165) is 5.56 Å². The fourth-order valence-electron chi connectivity index (χ4n) is 2.66. The fraction of sp³-hybridized carbons (Fsp3) is 0. The van der Waals surface area contributed by atoms with Crippen molar-refractivity contribution in [1.82, 2.24) is 15.0 Å². The summed E-state index contributed by atoms with van der Waals surface area (Å²) in [4.78, 5) is 23.8. The number of hydrogen-bond acceptors (Lipinski definition) is 4. The van der Waals surface area contributed by atoms with Gasteiger partial charge < -0.3 is 9.72 Å². The topological polar surface area (TPSA) is 67.9 Å². The summed E-state index contributed by atoms with van der Waals surface area (Å²) < 4.78 is 18.7. The van der Waals surface area contributed by atoms with Crippen molar-refractivity contribution in [2.24, 2.45) is 0 Å². The van der Waals surface area contributed by atoms with Crippen LogP contribution in [0.1, 0.15) is 10.4 Å². The normalized spacial score (nSPS) is 10.6. The van der Waals surface area contributed by atoms with Crippen LogP contribution in [0.5, 0.6) is 6.01 Å². The van der Waals surface area contributed by atoms with Gasteiger partial charge in [0.15, 0.2) is 0 Å². The molecule has 0 unspecified atom stereocenters. The molecule has 0 saturated carbocycles. The van der Waals surface area contributed by atoms with E-state index in [1.54, 1.807) is 48.8 Å². The van der Waals surface area contributed by atoms with Crippen molar-refractivity contribution >= 4 is 5.97 Å². The molecule has 4 rings (SSSR count). The Morgan fingerprint density at radius 2 is 1.59 bits per heavy atom. The monoisotopic (exact) mass is 359 g/mol. The highest BCUT2D eigenvalue weighted by Crippen LogP contribution is 2.32. The van der Waals surface area contributed by atoms with Gasteiger partial charge in [0.1, 0.15) is 11.5 Å². The summed E-state index contributed by atoms with van der Waals surface area (Å²) in [6.07, 6.45) is 3.31. The third kappa shape index (κ3) is 3.59. The lowest BCUT2D eigenvalue weighted by Crippen LogP contribution is -2.09. The number of rotatable bonds is 4. The maximum Gasteiger partial charge on any atom is 0.345 e. The van der Waals surface area contributed by atoms with Crippen molar-refractivity contribution in [3.8, 4) is 28.5 Å². The molecular weight excluding hydrogens is 345 g/mol. The van der Waals surface area contributed by atoms with E-state index in [1.165, 1.54) is 12.1 Å². The second-order valence-electron chi connectivity index (χ2n) is 5.76. The molecule has 5 nitrogen and oxygen atoms in total. The molecule has 0 bridgehead atoms. The van der Waals surface area contributed by atoms with Crippen LogP contribution in [-0.2, 0) is 0 Å². The highest BCUT2D eigenvalue weighted by molar-refractivity contribution is 5.91. The Hall–Kier alpha value is -3.80. The molecule has 1 N–H and O–H groups in total. The van der Waals surface area contributed by atoms with Gasteiger partial charge in [-0.3, -0.25) is 4.98 Å². The summed E-state index contributed by atoms with van der Waals surface area (Å²) in [5, 5.41) is 0. The molecule has 0 aliphatic rings. The summed E-state index contributed by atoms with van der Waals surface area (Å²) in [7, 11) is 0. The first-order valence-electron chi connectivity index (χ1n) is 8.24. The van der Waals surface area contributed by atoms with E-state index in [1.807, 2.05) is 18.2 Å². The molecule has 27 heavy (non-hydrogen) atoms. The first-order valence-corrected chi connectivity index (χ1v) is 8.24. The number of ether oxygens (including phenoxy) is 1. The molecule has 0 amide bonds. The van der Waals surface area contributed by atoms with Gasteiger partial charge in [0.05, 0.1) is 11.3 Å². The molecule has 0 aliphatic carbocycles. The second-order valence-corrected chi connectivity index (χ2v) is 5.76. The van der Waals surface area contributed by atoms with Crippen molar-refractivity contribution in [3.05, 3.63) is 90.5 Å². The van der Waals surface area contributed by atoms with Crippen LogP contribution in [0.3, 0.4) is 0 Å². The number of carbonyl (C=O) groups excluding carboxylic acids is 1. The molecule has 0 spiro atoms. The molecule has 132 valence electrons. The zero-order valence-corrected chi connectivity index (χ0v) is 14.1. The maximum atomic E-state index is 13.3. The van der Waals surface area contributed by atoms with Crippen molar-refractivity contribution in [1.29, 1.82) is 0 Å². The molecule has 0 atom stereocenters. The number of pyridine rings is 1. The van der Waals surface area contributed by atoms with Gasteiger partial charge in [-0.1, -0.05) is 18.2 Å². The Morgan fingerprint density at radius 1 is 0.889 bits per heavy atom. The fourth-order valence-corrected chi connectivity index (χ4v) is 2.66. The Labute approximate surface area is 154 Å². The molecule has 4 aromatic rings. The van der Waals surface area contributed by atoms with Crippen LogP contribution in [0, 0.1) is 5.82 Å². The van der Waals surface area contributed by atoms with Crippen LogP contribution < -0.4 is 4.74 Å². The van der Waals surface area contributed by atoms with Gasteiger partial charge in [-0.05, 0) is 48.5 Å². The number of esters is 1. The smallest absolute Gasteiger partial charge is 0.345 e. The van der Waals surface area contributed by atoms with E-state index in [4.69, 9.17) is 4.74 Å². The summed E-state index contributed by atoms with van der Waals surface area (Å²) >= 11 is 0. The minimum atomic E-state index is -0.517. The van der Waals surface area contributed by atoms with E-state index in [2.05, 4.69) is 15.0 Å². The lowest BCUT2D eigenvalue weighted by Gasteiger charge is -2.02. The molecule has 2 heterocycles. The summed E-state index contributed by atoms with van der Waals surface area (Å²) in [5.41, 5.74) is 3.14. The highest BCUT2D eigenvalue weighted by atomic mass is 19.1. The lowest BCUT2D eigenvalue weighted by molar-refractivity contribution is 0.0721. The Morgan fingerprint density at radius 3 is 2.30 bits per heavy atom. The van der Waals surface area contributed by atoms with E-state index < -0.39 is 5.97 Å². The largest absolute Gasteiger partial charge is 0.388 e. The van der Waals surface area contributed by atoms with Gasteiger partial charge in [-0.2, -0.15) is 4.98 Å². The molecule has 0 radical (unpaired) electrons. The third-order valence-corrected chi connectivity index (χ3v) is 3.97. The zero-order chi connectivity index (χ0) is 18.6. The van der Waals surface area contributed by atoms with Crippen molar-refractivity contribution in [2.45, 2.75) is 0 Å². The third-order valence-electron chi connectivity index (χ3n) is 3.97. The van der Waals surface area contributed by atoms with Gasteiger partial charge in [0.2, 0.25) is 0 Å². The minimum absolute atomic E-state index is 0.0648. The number of halogens is 1. The van der Waals surface area contributed by atoms with Gasteiger partial charge in [-0.15, -0.1) is 0 Å². The van der Waals surface area contributed by atoms with Crippen LogP contribution in [-0.4, -0.2) is 20.9 Å². The maximum absolute atomic E-state index is 13.3. The molecule has 6 heteroatoms. The molecule has 2 aromatic heterocycles. The number of benzene rings is 2. The number of nitrogens with one attached hydrogen (secondary N) is 1. The predicted molar refractivity (Wildman–Crippen MR) is 98.6 cm³/mol. The van der Waals surface area contributed by atoms with Crippen LogP contribution in [0.15, 0.2) is 79.1 Å². The standard InChI is InChI=1S/C21H14FN3O2/c22-17-8-6-14(7-9-17)18-19(15-10-12-23-13-11-15)25-21(24-18)27-20(26)16-4-2-1-3-5-16/h1-13H,(H,24,25). The highest BCUT2D eigenvalue weighted by Gasteiger charge is 2.17. The summed E-state index contributed by atoms with van der Waals surface area (Å²) in [6.45, 7) is 0. The van der Waals surface area contributed by atoms with E-state index >= 15 is 0 Å². The first kappa shape index (κ1) is 16.7. The number of aromatic amines is 1. The van der Waals surface area contributed by atoms with Crippen LogP contribution in [0.25, 0.3) is 22.5 Å². The predicted octanol–water partition coefficient (Wildman–Crippen LogP) is 4.50. The number of hydrogen-bond donors (Lipinski definition) is 1. The lowest BCUT2D eigenvalue weighted by atomic mass is 10.1. The second kappa shape index (κ2) is 7.21. The average molecular weight is 359 g/mol. The van der Waals surface area contributed by atoms with Crippen LogP contribution in [0.4, 0.5) is 4.39 Å². The van der Waals surface area contributed by atoms with E-state index in [-0.39, 0.29) is 11.8 Å². The van der Waals surface area contributed by atoms with Crippen molar-refractivity contribution in [3.63, 3.8) is 0 Å². The zero-order valence-electron chi connectivity index (χ0n) is 14.1. The average Bonchev–Trinajstić information content (AvgIpc) is 3.13. The minimum Gasteiger partial charge on any atom is -0.388 e.